The SMILES string of the molecule is Brc1ccc([C@H]2CO2)nc1. The van der Waals surface area contributed by atoms with Crippen molar-refractivity contribution < 1.29 is 4.74 Å². The number of ether oxygens (including phenoxy) is 1. The van der Waals surface area contributed by atoms with Gasteiger partial charge in [0.1, 0.15) is 6.10 Å². The van der Waals surface area contributed by atoms with Gasteiger partial charge in [0.15, 0.2) is 0 Å². The zero-order valence-electron chi connectivity index (χ0n) is 5.25. The summed E-state index contributed by atoms with van der Waals surface area (Å²) >= 11 is 3.31. The Balaban J connectivity index is 2.28. The molecule has 0 unspecified atom stereocenters. The molecule has 2 heterocycles. The molecule has 2 nitrogen and oxygen atoms in total. The predicted molar refractivity (Wildman–Crippen MR) is 40.6 cm³/mol. The molecule has 0 spiro atoms. The van der Waals surface area contributed by atoms with Crippen molar-refractivity contribution in [2.24, 2.45) is 0 Å². The fraction of sp³-hybridized carbons (Fsp3) is 0.286. The van der Waals surface area contributed by atoms with Crippen molar-refractivity contribution in [1.29, 1.82) is 0 Å². The van der Waals surface area contributed by atoms with Crippen LogP contribution in [0.15, 0.2) is 22.8 Å². The lowest BCUT2D eigenvalue weighted by Crippen LogP contribution is -1.84. The Morgan fingerprint density at radius 3 is 2.90 bits per heavy atom. The summed E-state index contributed by atoms with van der Waals surface area (Å²) in [5, 5.41) is 0. The second kappa shape index (κ2) is 2.32. The maximum absolute atomic E-state index is 5.06. The van der Waals surface area contributed by atoms with E-state index < -0.39 is 0 Å². The zero-order valence-corrected chi connectivity index (χ0v) is 6.84. The minimum Gasteiger partial charge on any atom is -0.366 e. The van der Waals surface area contributed by atoms with E-state index in [-0.39, 0.29) is 6.10 Å². The lowest BCUT2D eigenvalue weighted by atomic mass is 10.3. The molecule has 0 amide bonds. The molecule has 0 radical (unpaired) electrons. The van der Waals surface area contributed by atoms with Gasteiger partial charge < -0.3 is 4.74 Å². The third-order valence-electron chi connectivity index (χ3n) is 1.41. The van der Waals surface area contributed by atoms with Gasteiger partial charge in [-0.1, -0.05) is 0 Å². The lowest BCUT2D eigenvalue weighted by Gasteiger charge is -1.92. The minimum absolute atomic E-state index is 0.271. The molecule has 0 saturated carbocycles. The van der Waals surface area contributed by atoms with E-state index in [9.17, 15) is 0 Å². The van der Waals surface area contributed by atoms with Gasteiger partial charge in [0, 0.05) is 10.7 Å². The van der Waals surface area contributed by atoms with Gasteiger partial charge in [-0.05, 0) is 28.1 Å². The quantitative estimate of drug-likeness (QED) is 0.647. The molecule has 1 aromatic rings. The van der Waals surface area contributed by atoms with E-state index in [1.54, 1.807) is 6.20 Å². The largest absolute Gasteiger partial charge is 0.366 e. The van der Waals surface area contributed by atoms with Crippen molar-refractivity contribution in [3.8, 4) is 0 Å². The Morgan fingerprint density at radius 2 is 2.40 bits per heavy atom. The van der Waals surface area contributed by atoms with Gasteiger partial charge in [0.25, 0.3) is 0 Å². The van der Waals surface area contributed by atoms with Crippen molar-refractivity contribution >= 4 is 15.9 Å². The van der Waals surface area contributed by atoms with Crippen LogP contribution in [0.25, 0.3) is 0 Å². The summed E-state index contributed by atoms with van der Waals surface area (Å²) in [5.41, 5.74) is 1.03. The molecule has 1 aliphatic rings. The first-order valence-electron chi connectivity index (χ1n) is 3.09. The number of epoxide rings is 1. The molecule has 0 aromatic carbocycles. The van der Waals surface area contributed by atoms with Crippen molar-refractivity contribution in [3.05, 3.63) is 28.5 Å². The first-order valence-corrected chi connectivity index (χ1v) is 3.88. The fourth-order valence-corrected chi connectivity index (χ4v) is 1.03. The van der Waals surface area contributed by atoms with Crippen LogP contribution < -0.4 is 0 Å². The van der Waals surface area contributed by atoms with E-state index in [0.29, 0.717) is 0 Å². The summed E-state index contributed by atoms with van der Waals surface area (Å²) in [5.74, 6) is 0. The van der Waals surface area contributed by atoms with Crippen LogP contribution in [-0.2, 0) is 4.74 Å². The fourth-order valence-electron chi connectivity index (χ4n) is 0.797. The van der Waals surface area contributed by atoms with E-state index in [2.05, 4.69) is 20.9 Å². The smallest absolute Gasteiger partial charge is 0.123 e. The number of hydrogen-bond acceptors (Lipinski definition) is 2. The number of nitrogens with zero attached hydrogens (tertiary/aromatic N) is 1. The first-order chi connectivity index (χ1) is 4.86. The van der Waals surface area contributed by atoms with Gasteiger partial charge in [-0.25, -0.2) is 0 Å². The number of pyridine rings is 1. The van der Waals surface area contributed by atoms with Crippen LogP contribution in [0.4, 0.5) is 0 Å². The summed E-state index contributed by atoms with van der Waals surface area (Å²) in [6.45, 7) is 0.828. The molecule has 10 heavy (non-hydrogen) atoms. The third kappa shape index (κ3) is 1.20. The Hall–Kier alpha value is -0.410. The van der Waals surface area contributed by atoms with E-state index in [1.807, 2.05) is 12.1 Å². The molecule has 1 fully saturated rings. The van der Waals surface area contributed by atoms with Crippen LogP contribution in [0, 0.1) is 0 Å². The average molecular weight is 200 g/mol. The van der Waals surface area contributed by atoms with Gasteiger partial charge in [-0.2, -0.15) is 0 Å². The van der Waals surface area contributed by atoms with Gasteiger partial charge in [-0.15, -0.1) is 0 Å². The Labute approximate surface area is 67.4 Å². The predicted octanol–water partition coefficient (Wildman–Crippen LogP) is 1.92. The van der Waals surface area contributed by atoms with E-state index in [4.69, 9.17) is 4.74 Å². The molecule has 52 valence electrons. The maximum atomic E-state index is 5.06. The van der Waals surface area contributed by atoms with Crippen LogP contribution >= 0.6 is 15.9 Å². The highest BCUT2D eigenvalue weighted by molar-refractivity contribution is 9.10. The lowest BCUT2D eigenvalue weighted by molar-refractivity contribution is 0.411. The van der Waals surface area contributed by atoms with Crippen LogP contribution in [0.3, 0.4) is 0 Å². The molecular weight excluding hydrogens is 194 g/mol. The van der Waals surface area contributed by atoms with Gasteiger partial charge in [-0.3, -0.25) is 4.98 Å². The minimum atomic E-state index is 0.271. The molecule has 1 atom stereocenters. The Bertz CT molecular complexity index is 230. The van der Waals surface area contributed by atoms with Crippen LogP contribution in [0.5, 0.6) is 0 Å². The van der Waals surface area contributed by atoms with Gasteiger partial charge >= 0.3 is 0 Å². The summed E-state index contributed by atoms with van der Waals surface area (Å²) < 4.78 is 6.07. The van der Waals surface area contributed by atoms with Crippen molar-refractivity contribution in [2.75, 3.05) is 6.61 Å². The molecule has 1 aromatic heterocycles. The topological polar surface area (TPSA) is 25.4 Å². The molecule has 2 rings (SSSR count). The summed E-state index contributed by atoms with van der Waals surface area (Å²) in [7, 11) is 0. The second-order valence-electron chi connectivity index (χ2n) is 2.22. The normalized spacial score (nSPS) is 22.7. The van der Waals surface area contributed by atoms with Crippen molar-refractivity contribution in [2.45, 2.75) is 6.10 Å². The van der Waals surface area contributed by atoms with Crippen LogP contribution in [-0.4, -0.2) is 11.6 Å². The molecule has 1 saturated heterocycles. The van der Waals surface area contributed by atoms with Crippen LogP contribution in [0.2, 0.25) is 0 Å². The molecule has 3 heteroatoms. The molecule has 0 aliphatic carbocycles. The highest BCUT2D eigenvalue weighted by Gasteiger charge is 2.25. The Morgan fingerprint density at radius 1 is 1.60 bits per heavy atom. The monoisotopic (exact) mass is 199 g/mol. The molecule has 0 N–H and O–H groups in total. The first kappa shape index (κ1) is 6.31. The highest BCUT2D eigenvalue weighted by atomic mass is 79.9. The van der Waals surface area contributed by atoms with Crippen molar-refractivity contribution in [3.63, 3.8) is 0 Å². The van der Waals surface area contributed by atoms with E-state index in [0.717, 1.165) is 16.8 Å². The van der Waals surface area contributed by atoms with Crippen LogP contribution in [0.1, 0.15) is 11.8 Å². The van der Waals surface area contributed by atoms with Gasteiger partial charge in [0.05, 0.1) is 12.3 Å². The molecule has 0 bridgehead atoms. The number of aromatic nitrogens is 1. The summed E-state index contributed by atoms with van der Waals surface area (Å²) in [6, 6.07) is 3.95. The highest BCUT2D eigenvalue weighted by Crippen LogP contribution is 2.28. The summed E-state index contributed by atoms with van der Waals surface area (Å²) in [4.78, 5) is 4.17. The van der Waals surface area contributed by atoms with Crippen molar-refractivity contribution in [1.82, 2.24) is 4.98 Å². The molecular formula is C7H6BrNO. The van der Waals surface area contributed by atoms with Gasteiger partial charge in [0.2, 0.25) is 0 Å². The zero-order chi connectivity index (χ0) is 6.97. The molecule has 1 aliphatic heterocycles. The standard InChI is InChI=1S/C7H6BrNO/c8-5-1-2-6(9-3-5)7-4-10-7/h1-3,7H,4H2/t7-/m1/s1. The average Bonchev–Trinajstić information content (AvgIpc) is 2.71. The summed E-state index contributed by atoms with van der Waals surface area (Å²) in [6.07, 6.45) is 2.06. The number of rotatable bonds is 1. The second-order valence-corrected chi connectivity index (χ2v) is 3.14. The maximum Gasteiger partial charge on any atom is 0.123 e. The number of hydrogen-bond donors (Lipinski definition) is 0. The third-order valence-corrected chi connectivity index (χ3v) is 1.88. The number of halogens is 1. The van der Waals surface area contributed by atoms with E-state index in [1.165, 1.54) is 0 Å². The van der Waals surface area contributed by atoms with E-state index >= 15 is 0 Å². The Kier molecular flexibility index (Phi) is 1.47.